The monoisotopic (exact) mass is 408 g/mol. The van der Waals surface area contributed by atoms with Crippen LogP contribution in [-0.2, 0) is 12.8 Å². The van der Waals surface area contributed by atoms with Crippen molar-refractivity contribution in [2.75, 3.05) is 0 Å². The molecule has 2 aromatic carbocycles. The summed E-state index contributed by atoms with van der Waals surface area (Å²) < 4.78 is 6.11. The van der Waals surface area contributed by atoms with Crippen molar-refractivity contribution in [3.8, 4) is 17.2 Å². The van der Waals surface area contributed by atoms with Crippen molar-refractivity contribution in [1.82, 2.24) is 0 Å². The molecule has 0 aliphatic carbocycles. The third-order valence-corrected chi connectivity index (χ3v) is 5.18. The molecule has 0 bridgehead atoms. The van der Waals surface area contributed by atoms with E-state index in [1.54, 1.807) is 18.2 Å². The zero-order valence-corrected chi connectivity index (χ0v) is 17.8. The highest BCUT2D eigenvalue weighted by molar-refractivity contribution is 6.03. The van der Waals surface area contributed by atoms with Crippen molar-refractivity contribution in [3.05, 3.63) is 75.9 Å². The Morgan fingerprint density at radius 3 is 2.27 bits per heavy atom. The normalized spacial score (nSPS) is 17.7. The van der Waals surface area contributed by atoms with Gasteiger partial charge in [0, 0.05) is 5.56 Å². The van der Waals surface area contributed by atoms with Crippen molar-refractivity contribution in [2.45, 2.75) is 52.7 Å². The fourth-order valence-corrected chi connectivity index (χ4v) is 3.45. The molecular weight excluding hydrogens is 380 g/mol. The molecule has 0 radical (unpaired) electrons. The number of carbonyl (C=O) groups is 1. The number of aliphatic hydroxyl groups excluding tert-OH is 1. The highest BCUT2D eigenvalue weighted by Crippen LogP contribution is 2.42. The molecule has 5 heteroatoms. The fourth-order valence-electron chi connectivity index (χ4n) is 3.45. The Labute approximate surface area is 177 Å². The van der Waals surface area contributed by atoms with E-state index in [9.17, 15) is 20.1 Å². The summed E-state index contributed by atoms with van der Waals surface area (Å²) in [7, 11) is 0. The van der Waals surface area contributed by atoms with E-state index in [-0.39, 0.29) is 17.1 Å². The van der Waals surface area contributed by atoms with Crippen LogP contribution in [0.5, 0.6) is 17.2 Å². The van der Waals surface area contributed by atoms with Gasteiger partial charge in [0.2, 0.25) is 0 Å². The molecule has 1 heterocycles. The molecule has 0 unspecified atom stereocenters. The number of aliphatic hydroxyl groups is 1. The number of Topliss-reactive ketones (excluding diaryl/α,β-unsaturated/α-hetero) is 1. The lowest BCUT2D eigenvalue weighted by atomic mass is 9.90. The molecule has 30 heavy (non-hydrogen) atoms. The van der Waals surface area contributed by atoms with Crippen LogP contribution in [0, 0.1) is 0 Å². The van der Waals surface area contributed by atoms with Crippen LogP contribution >= 0.6 is 0 Å². The summed E-state index contributed by atoms with van der Waals surface area (Å²) >= 11 is 0. The molecule has 2 aromatic rings. The predicted molar refractivity (Wildman–Crippen MR) is 116 cm³/mol. The van der Waals surface area contributed by atoms with Crippen LogP contribution < -0.4 is 4.74 Å². The largest absolute Gasteiger partial charge is 0.508 e. The first-order valence-electron chi connectivity index (χ1n) is 10.0. The van der Waals surface area contributed by atoms with Crippen LogP contribution in [0.3, 0.4) is 0 Å². The van der Waals surface area contributed by atoms with Gasteiger partial charge in [-0.15, -0.1) is 0 Å². The minimum atomic E-state index is -1.38. The molecule has 3 N–H and O–H groups in total. The molecule has 0 saturated heterocycles. The van der Waals surface area contributed by atoms with Gasteiger partial charge in [0.1, 0.15) is 17.2 Å². The van der Waals surface area contributed by atoms with Gasteiger partial charge in [-0.1, -0.05) is 29.4 Å². The Balaban J connectivity index is 2.04. The average Bonchev–Trinajstić information content (AvgIpc) is 2.69. The molecule has 5 nitrogen and oxygen atoms in total. The molecule has 1 aliphatic rings. The third-order valence-electron chi connectivity index (χ3n) is 5.18. The lowest BCUT2D eigenvalue weighted by Gasteiger charge is -2.31. The first-order chi connectivity index (χ1) is 14.2. The second-order valence-corrected chi connectivity index (χ2v) is 8.15. The van der Waals surface area contributed by atoms with Crippen LogP contribution in [-0.4, -0.2) is 27.2 Å². The number of phenolic OH excluding ortho intramolecular Hbond substituents is 2. The van der Waals surface area contributed by atoms with Crippen molar-refractivity contribution < 1.29 is 24.9 Å². The predicted octanol–water partition coefficient (Wildman–Crippen LogP) is 4.79. The number of carbonyl (C=O) groups excluding carboxylic acids is 1. The molecule has 158 valence electrons. The number of allylic oxidation sites excluding steroid dienone is 4. The van der Waals surface area contributed by atoms with E-state index in [0.717, 1.165) is 11.1 Å². The van der Waals surface area contributed by atoms with E-state index in [0.29, 0.717) is 35.3 Å². The number of ketones is 1. The summed E-state index contributed by atoms with van der Waals surface area (Å²) in [6.07, 6.45) is 2.58. The van der Waals surface area contributed by atoms with Gasteiger partial charge in [0.25, 0.3) is 0 Å². The van der Waals surface area contributed by atoms with Gasteiger partial charge < -0.3 is 20.1 Å². The van der Waals surface area contributed by atoms with E-state index in [2.05, 4.69) is 0 Å². The Bertz CT molecular complexity index is 1020. The average molecular weight is 408 g/mol. The van der Waals surface area contributed by atoms with E-state index in [1.807, 2.05) is 39.8 Å². The summed E-state index contributed by atoms with van der Waals surface area (Å²) in [5.74, 6) is 0.0460. The van der Waals surface area contributed by atoms with Crippen molar-refractivity contribution >= 4 is 5.78 Å². The Morgan fingerprint density at radius 2 is 1.60 bits per heavy atom. The SMILES string of the molecule is CC(C)=CCc1cc([C@H]2Oc3c(ccc(O)c3CC=C(C)C)C(=O)[C@@H]2O)ccc1O. The topological polar surface area (TPSA) is 87.0 Å². The molecule has 1 aliphatic heterocycles. The summed E-state index contributed by atoms with van der Waals surface area (Å²) in [6.45, 7) is 7.86. The lowest BCUT2D eigenvalue weighted by molar-refractivity contribution is 0.0211. The third kappa shape index (κ3) is 4.41. The molecule has 0 aromatic heterocycles. The zero-order valence-electron chi connectivity index (χ0n) is 17.8. The highest BCUT2D eigenvalue weighted by atomic mass is 16.5. The molecule has 2 atom stereocenters. The Kier molecular flexibility index (Phi) is 6.32. The minimum Gasteiger partial charge on any atom is -0.508 e. The van der Waals surface area contributed by atoms with E-state index >= 15 is 0 Å². The maximum atomic E-state index is 12.9. The minimum absolute atomic E-state index is 0.0455. The molecule has 0 fully saturated rings. The second kappa shape index (κ2) is 8.76. The fraction of sp³-hybridized carbons (Fsp3) is 0.320. The van der Waals surface area contributed by atoms with Crippen LogP contribution in [0.25, 0.3) is 0 Å². The van der Waals surface area contributed by atoms with Crippen LogP contribution in [0.4, 0.5) is 0 Å². The quantitative estimate of drug-likeness (QED) is 0.619. The second-order valence-electron chi connectivity index (χ2n) is 8.15. The van der Waals surface area contributed by atoms with Gasteiger partial charge in [-0.2, -0.15) is 0 Å². The van der Waals surface area contributed by atoms with Gasteiger partial charge in [-0.3, -0.25) is 4.79 Å². The van der Waals surface area contributed by atoms with Crippen LogP contribution in [0.2, 0.25) is 0 Å². The number of ether oxygens (including phenoxy) is 1. The zero-order chi connectivity index (χ0) is 22.0. The van der Waals surface area contributed by atoms with Gasteiger partial charge >= 0.3 is 0 Å². The highest BCUT2D eigenvalue weighted by Gasteiger charge is 2.38. The van der Waals surface area contributed by atoms with Gasteiger partial charge in [-0.05, 0) is 75.9 Å². The maximum absolute atomic E-state index is 12.9. The molecule has 0 amide bonds. The standard InChI is InChI=1S/C25H28O5/c1-14(2)5-7-16-13-17(8-11-20(16)26)24-23(29)22(28)19-10-12-21(27)18(25(19)30-24)9-6-15(3)4/h5-6,8,10-13,23-24,26-27,29H,7,9H2,1-4H3/t23-,24+/m0/s1. The van der Waals surface area contributed by atoms with E-state index < -0.39 is 18.0 Å². The van der Waals surface area contributed by atoms with Crippen LogP contribution in [0.1, 0.15) is 60.8 Å². The van der Waals surface area contributed by atoms with Gasteiger partial charge in [0.05, 0.1) is 5.56 Å². The number of fused-ring (bicyclic) bond motifs is 1. The number of aromatic hydroxyl groups is 2. The Morgan fingerprint density at radius 1 is 0.967 bits per heavy atom. The molecule has 0 saturated carbocycles. The summed E-state index contributed by atoms with van der Waals surface area (Å²) in [5.41, 5.74) is 4.25. The molecular formula is C25H28O5. The number of hydrogen-bond acceptors (Lipinski definition) is 5. The maximum Gasteiger partial charge on any atom is 0.199 e. The smallest absolute Gasteiger partial charge is 0.199 e. The summed E-state index contributed by atoms with van der Waals surface area (Å²) in [6, 6.07) is 7.88. The van der Waals surface area contributed by atoms with E-state index in [1.165, 1.54) is 12.1 Å². The first kappa shape index (κ1) is 21.7. The first-order valence-corrected chi connectivity index (χ1v) is 10.0. The van der Waals surface area contributed by atoms with Crippen molar-refractivity contribution in [1.29, 1.82) is 0 Å². The summed E-state index contributed by atoms with van der Waals surface area (Å²) in [5, 5.41) is 31.2. The van der Waals surface area contributed by atoms with Gasteiger partial charge in [-0.25, -0.2) is 0 Å². The van der Waals surface area contributed by atoms with E-state index in [4.69, 9.17) is 4.74 Å². The van der Waals surface area contributed by atoms with Gasteiger partial charge in [0.15, 0.2) is 18.0 Å². The van der Waals surface area contributed by atoms with Crippen molar-refractivity contribution in [2.24, 2.45) is 0 Å². The number of hydrogen-bond donors (Lipinski definition) is 3. The summed E-state index contributed by atoms with van der Waals surface area (Å²) in [4.78, 5) is 12.9. The molecule has 0 spiro atoms. The number of benzene rings is 2. The van der Waals surface area contributed by atoms with Crippen molar-refractivity contribution in [3.63, 3.8) is 0 Å². The number of rotatable bonds is 5. The lowest BCUT2D eigenvalue weighted by Crippen LogP contribution is -2.36. The number of phenols is 2. The Hall–Kier alpha value is -3.05. The van der Waals surface area contributed by atoms with Crippen LogP contribution in [0.15, 0.2) is 53.6 Å². The molecule has 3 rings (SSSR count).